The molecule has 0 spiro atoms. The molecule has 0 radical (unpaired) electrons. The van der Waals surface area contributed by atoms with Crippen LogP contribution in [0.2, 0.25) is 0 Å². The Bertz CT molecular complexity index is 419. The third kappa shape index (κ3) is 2.89. The summed E-state index contributed by atoms with van der Waals surface area (Å²) in [6, 6.07) is 8.66. The molecule has 0 saturated heterocycles. The van der Waals surface area contributed by atoms with E-state index >= 15 is 0 Å². The lowest BCUT2D eigenvalue weighted by molar-refractivity contribution is -0.120. The van der Waals surface area contributed by atoms with Gasteiger partial charge in [-0.05, 0) is 24.5 Å². The van der Waals surface area contributed by atoms with Crippen molar-refractivity contribution in [2.45, 2.75) is 31.8 Å². The molecule has 2 unspecified atom stereocenters. The molecular formula is C14H21N3O. The molecule has 1 aromatic carbocycles. The summed E-state index contributed by atoms with van der Waals surface area (Å²) in [4.78, 5) is 11.4. The zero-order valence-corrected chi connectivity index (χ0v) is 10.8. The van der Waals surface area contributed by atoms with Gasteiger partial charge in [0.15, 0.2) is 0 Å². The number of benzene rings is 1. The largest absolute Gasteiger partial charge is 0.356 e. The molecular weight excluding hydrogens is 226 g/mol. The highest BCUT2D eigenvalue weighted by Gasteiger charge is 2.27. The first-order chi connectivity index (χ1) is 8.72. The smallest absolute Gasteiger partial charge is 0.221 e. The number of carbonyl (C=O) groups is 1. The molecule has 4 N–H and O–H groups in total. The van der Waals surface area contributed by atoms with E-state index in [1.54, 1.807) is 0 Å². The molecule has 0 heterocycles. The van der Waals surface area contributed by atoms with Crippen molar-refractivity contribution < 1.29 is 4.79 Å². The zero-order valence-electron chi connectivity index (χ0n) is 10.8. The number of fused-ring (bicyclic) bond motifs is 1. The highest BCUT2D eigenvalue weighted by atomic mass is 16.1. The maximum atomic E-state index is 11.4. The Morgan fingerprint density at radius 2 is 2.11 bits per heavy atom. The predicted octanol–water partition coefficient (Wildman–Crippen LogP) is 1.25. The summed E-state index contributed by atoms with van der Waals surface area (Å²) < 4.78 is 0. The van der Waals surface area contributed by atoms with Crippen molar-refractivity contribution in [3.8, 4) is 0 Å². The van der Waals surface area contributed by atoms with Crippen molar-refractivity contribution in [1.29, 1.82) is 0 Å². The zero-order chi connectivity index (χ0) is 13.0. The lowest BCUT2D eigenvalue weighted by Gasteiger charge is -2.13. The van der Waals surface area contributed by atoms with Crippen molar-refractivity contribution in [2.24, 2.45) is 5.73 Å². The lowest BCUT2D eigenvalue weighted by atomic mass is 10.1. The number of nitrogens with one attached hydrogen (secondary N) is 2. The third-order valence-corrected chi connectivity index (χ3v) is 3.38. The topological polar surface area (TPSA) is 67.2 Å². The maximum absolute atomic E-state index is 11.4. The summed E-state index contributed by atoms with van der Waals surface area (Å²) in [6.45, 7) is 3.31. The maximum Gasteiger partial charge on any atom is 0.221 e. The average Bonchev–Trinajstić information content (AvgIpc) is 2.68. The molecule has 1 amide bonds. The Kier molecular flexibility index (Phi) is 4.33. The number of amides is 1. The van der Waals surface area contributed by atoms with E-state index < -0.39 is 0 Å². The molecule has 1 aliphatic rings. The first kappa shape index (κ1) is 13.1. The van der Waals surface area contributed by atoms with E-state index in [0.29, 0.717) is 19.5 Å². The van der Waals surface area contributed by atoms with Crippen molar-refractivity contribution in [1.82, 2.24) is 10.6 Å². The quantitative estimate of drug-likeness (QED) is 0.733. The van der Waals surface area contributed by atoms with Crippen molar-refractivity contribution >= 4 is 5.91 Å². The van der Waals surface area contributed by atoms with E-state index in [2.05, 4.69) is 22.8 Å². The Morgan fingerprint density at radius 3 is 2.83 bits per heavy atom. The predicted molar refractivity (Wildman–Crippen MR) is 72.0 cm³/mol. The van der Waals surface area contributed by atoms with Crippen LogP contribution < -0.4 is 16.4 Å². The highest BCUT2D eigenvalue weighted by molar-refractivity contribution is 5.75. The van der Waals surface area contributed by atoms with Gasteiger partial charge < -0.3 is 16.4 Å². The fraction of sp³-hybridized carbons (Fsp3) is 0.500. The van der Waals surface area contributed by atoms with Gasteiger partial charge in [-0.15, -0.1) is 0 Å². The van der Waals surface area contributed by atoms with Crippen LogP contribution in [0, 0.1) is 0 Å². The number of hydrogen-bond acceptors (Lipinski definition) is 3. The Balaban J connectivity index is 1.87. The molecule has 0 aliphatic heterocycles. The summed E-state index contributed by atoms with van der Waals surface area (Å²) in [6.07, 6.45) is 1.43. The van der Waals surface area contributed by atoms with E-state index in [1.807, 2.05) is 19.1 Å². The Morgan fingerprint density at radius 1 is 1.39 bits per heavy atom. The van der Waals surface area contributed by atoms with E-state index in [4.69, 9.17) is 5.73 Å². The number of hydrogen-bond donors (Lipinski definition) is 3. The van der Waals surface area contributed by atoms with Gasteiger partial charge in [0.25, 0.3) is 0 Å². The van der Waals surface area contributed by atoms with Crippen LogP contribution in [0.4, 0.5) is 0 Å². The third-order valence-electron chi connectivity index (χ3n) is 3.38. The van der Waals surface area contributed by atoms with Gasteiger partial charge in [0.1, 0.15) is 0 Å². The molecule has 18 heavy (non-hydrogen) atoms. The van der Waals surface area contributed by atoms with Crippen LogP contribution in [0.15, 0.2) is 24.3 Å². The highest BCUT2D eigenvalue weighted by Crippen LogP contribution is 2.36. The summed E-state index contributed by atoms with van der Waals surface area (Å²) in [7, 11) is 0. The van der Waals surface area contributed by atoms with Gasteiger partial charge in [-0.1, -0.05) is 24.3 Å². The van der Waals surface area contributed by atoms with Crippen molar-refractivity contribution in [3.05, 3.63) is 35.4 Å². The standard InChI is InChI=1S/C14H21N3O/c1-2-16-14(18)7-8-17-13-9-12(15)10-5-3-4-6-11(10)13/h3-6,12-13,17H,2,7-9,15H2,1H3,(H,16,18). The molecule has 2 rings (SSSR count). The first-order valence-electron chi connectivity index (χ1n) is 6.57. The molecule has 0 saturated carbocycles. The van der Waals surface area contributed by atoms with Gasteiger partial charge in [-0.2, -0.15) is 0 Å². The monoisotopic (exact) mass is 247 g/mol. The van der Waals surface area contributed by atoms with Crippen LogP contribution in [0.1, 0.15) is 43.0 Å². The number of rotatable bonds is 5. The van der Waals surface area contributed by atoms with Crippen LogP contribution in [0.3, 0.4) is 0 Å². The van der Waals surface area contributed by atoms with E-state index in [1.165, 1.54) is 11.1 Å². The van der Waals surface area contributed by atoms with Gasteiger partial charge >= 0.3 is 0 Å². The normalized spacial score (nSPS) is 21.7. The molecule has 2 atom stereocenters. The molecule has 1 aromatic rings. The van der Waals surface area contributed by atoms with Crippen LogP contribution >= 0.6 is 0 Å². The van der Waals surface area contributed by atoms with E-state index in [0.717, 1.165) is 6.42 Å². The van der Waals surface area contributed by atoms with Crippen LogP contribution in [-0.2, 0) is 4.79 Å². The van der Waals surface area contributed by atoms with E-state index in [9.17, 15) is 4.79 Å². The Labute approximate surface area is 108 Å². The molecule has 0 fully saturated rings. The first-order valence-corrected chi connectivity index (χ1v) is 6.57. The molecule has 4 heteroatoms. The number of carbonyl (C=O) groups excluding carboxylic acids is 1. The SMILES string of the molecule is CCNC(=O)CCNC1CC(N)c2ccccc21. The van der Waals surface area contributed by atoms with Crippen LogP contribution in [0.25, 0.3) is 0 Å². The minimum absolute atomic E-state index is 0.0978. The van der Waals surface area contributed by atoms with E-state index in [-0.39, 0.29) is 18.0 Å². The lowest BCUT2D eigenvalue weighted by Crippen LogP contribution is -2.29. The summed E-state index contributed by atoms with van der Waals surface area (Å²) >= 11 is 0. The minimum atomic E-state index is 0.0978. The average molecular weight is 247 g/mol. The van der Waals surface area contributed by atoms with Gasteiger partial charge in [-0.3, -0.25) is 4.79 Å². The fourth-order valence-corrected chi connectivity index (χ4v) is 2.51. The van der Waals surface area contributed by atoms with Crippen LogP contribution in [0.5, 0.6) is 0 Å². The minimum Gasteiger partial charge on any atom is -0.356 e. The van der Waals surface area contributed by atoms with Gasteiger partial charge in [0.2, 0.25) is 5.91 Å². The Hall–Kier alpha value is -1.39. The summed E-state index contributed by atoms with van der Waals surface area (Å²) in [5, 5.41) is 6.21. The second kappa shape index (κ2) is 5.98. The molecule has 0 aromatic heterocycles. The second-order valence-corrected chi connectivity index (χ2v) is 4.68. The molecule has 4 nitrogen and oxygen atoms in total. The van der Waals surface area contributed by atoms with Crippen molar-refractivity contribution in [3.63, 3.8) is 0 Å². The molecule has 98 valence electrons. The molecule has 0 bridgehead atoms. The fourth-order valence-electron chi connectivity index (χ4n) is 2.51. The van der Waals surface area contributed by atoms with Gasteiger partial charge in [0.05, 0.1) is 0 Å². The number of nitrogens with two attached hydrogens (primary N) is 1. The summed E-state index contributed by atoms with van der Waals surface area (Å²) in [5.74, 6) is 0.0978. The summed E-state index contributed by atoms with van der Waals surface area (Å²) in [5.41, 5.74) is 8.60. The van der Waals surface area contributed by atoms with Gasteiger partial charge in [0, 0.05) is 31.6 Å². The van der Waals surface area contributed by atoms with Crippen LogP contribution in [-0.4, -0.2) is 19.0 Å². The second-order valence-electron chi connectivity index (χ2n) is 4.68. The van der Waals surface area contributed by atoms with Gasteiger partial charge in [-0.25, -0.2) is 0 Å². The van der Waals surface area contributed by atoms with Crippen molar-refractivity contribution in [2.75, 3.05) is 13.1 Å². The molecule has 1 aliphatic carbocycles.